The van der Waals surface area contributed by atoms with Crippen molar-refractivity contribution >= 4 is 22.2 Å². The van der Waals surface area contributed by atoms with E-state index in [0.29, 0.717) is 5.69 Å². The maximum Gasteiger partial charge on any atom is 0.171 e. The van der Waals surface area contributed by atoms with Gasteiger partial charge in [-0.1, -0.05) is 19.8 Å². The third kappa shape index (κ3) is 2.95. The number of hydrogen-bond acceptors (Lipinski definition) is 2. The zero-order valence-electron chi connectivity index (χ0n) is 7.66. The van der Waals surface area contributed by atoms with Crippen molar-refractivity contribution in [1.29, 1.82) is 0 Å². The van der Waals surface area contributed by atoms with E-state index >= 15 is 0 Å². The first-order valence-corrected chi connectivity index (χ1v) is 5.25. The normalized spacial score (nSPS) is 10.3. The van der Waals surface area contributed by atoms with Gasteiger partial charge in [0.1, 0.15) is 5.69 Å². The van der Waals surface area contributed by atoms with Crippen LogP contribution < -0.4 is 0 Å². The van der Waals surface area contributed by atoms with E-state index < -0.39 is 0 Å². The van der Waals surface area contributed by atoms with Gasteiger partial charge < -0.3 is 0 Å². The Labute approximate surface area is 86.3 Å². The summed E-state index contributed by atoms with van der Waals surface area (Å²) in [6, 6.07) is 0. The summed E-state index contributed by atoms with van der Waals surface area (Å²) in [6.45, 7) is 3.05. The molecule has 0 N–H and O–H groups in total. The van der Waals surface area contributed by atoms with Crippen LogP contribution in [0, 0.1) is 0 Å². The van der Waals surface area contributed by atoms with Crippen LogP contribution in [0.3, 0.4) is 0 Å². The number of carbonyl (C=O) groups is 1. The highest BCUT2D eigenvalue weighted by Gasteiger charge is 2.03. The summed E-state index contributed by atoms with van der Waals surface area (Å²) in [7, 11) is 0. The lowest BCUT2D eigenvalue weighted by Gasteiger charge is -1.98. The number of aldehydes is 1. The molecule has 0 radical (unpaired) electrons. The molecule has 1 rings (SSSR count). The van der Waals surface area contributed by atoms with E-state index in [9.17, 15) is 4.79 Å². The first-order valence-electron chi connectivity index (χ1n) is 4.46. The molecule has 0 amide bonds. The van der Waals surface area contributed by atoms with Gasteiger partial charge in [0.2, 0.25) is 0 Å². The second-order valence-electron chi connectivity index (χ2n) is 2.95. The van der Waals surface area contributed by atoms with E-state index in [1.807, 2.05) is 10.9 Å². The molecule has 1 heterocycles. The molecule has 3 nitrogen and oxygen atoms in total. The van der Waals surface area contributed by atoms with Crippen molar-refractivity contribution in [3.8, 4) is 0 Å². The first-order chi connectivity index (χ1) is 6.27. The molecule has 0 saturated heterocycles. The van der Waals surface area contributed by atoms with Crippen molar-refractivity contribution in [2.45, 2.75) is 32.7 Å². The standard InChI is InChI=1S/C9H13BrN2O/c1-2-3-4-5-12-6-8(10)9(7-13)11-12/h6-7H,2-5H2,1H3. The number of unbranched alkanes of at least 4 members (excludes halogenated alkanes) is 2. The Morgan fingerprint density at radius 1 is 1.62 bits per heavy atom. The lowest BCUT2D eigenvalue weighted by Crippen LogP contribution is -1.99. The molecule has 0 aromatic carbocycles. The number of carbonyl (C=O) groups excluding carboxylic acids is 1. The minimum atomic E-state index is 0.483. The summed E-state index contributed by atoms with van der Waals surface area (Å²) < 4.78 is 2.59. The SMILES string of the molecule is CCCCCn1cc(Br)c(C=O)n1. The zero-order valence-corrected chi connectivity index (χ0v) is 9.25. The van der Waals surface area contributed by atoms with Gasteiger partial charge in [-0.25, -0.2) is 0 Å². The monoisotopic (exact) mass is 244 g/mol. The van der Waals surface area contributed by atoms with Crippen LogP contribution in [0.2, 0.25) is 0 Å². The molecular formula is C9H13BrN2O. The fourth-order valence-corrected chi connectivity index (χ4v) is 1.54. The van der Waals surface area contributed by atoms with Crippen LogP contribution in [-0.4, -0.2) is 16.1 Å². The highest BCUT2D eigenvalue weighted by molar-refractivity contribution is 9.10. The second kappa shape index (κ2) is 5.17. The Morgan fingerprint density at radius 3 is 2.92 bits per heavy atom. The summed E-state index contributed by atoms with van der Waals surface area (Å²) in [5, 5.41) is 4.10. The zero-order chi connectivity index (χ0) is 9.68. The molecule has 0 aliphatic heterocycles. The molecular weight excluding hydrogens is 232 g/mol. The lowest BCUT2D eigenvalue weighted by atomic mass is 10.2. The van der Waals surface area contributed by atoms with Gasteiger partial charge in [0.15, 0.2) is 6.29 Å². The van der Waals surface area contributed by atoms with Crippen molar-refractivity contribution in [2.75, 3.05) is 0 Å². The number of nitrogens with zero attached hydrogens (tertiary/aromatic N) is 2. The maximum absolute atomic E-state index is 10.5. The van der Waals surface area contributed by atoms with Crippen LogP contribution >= 0.6 is 15.9 Å². The van der Waals surface area contributed by atoms with Gasteiger partial charge in [0.05, 0.1) is 4.47 Å². The highest BCUT2D eigenvalue weighted by Crippen LogP contribution is 2.13. The molecule has 1 aromatic heterocycles. The second-order valence-corrected chi connectivity index (χ2v) is 3.80. The number of rotatable bonds is 5. The molecule has 0 aliphatic carbocycles. The van der Waals surface area contributed by atoms with Crippen molar-refractivity contribution < 1.29 is 4.79 Å². The molecule has 13 heavy (non-hydrogen) atoms. The fourth-order valence-electron chi connectivity index (χ4n) is 1.13. The lowest BCUT2D eigenvalue weighted by molar-refractivity contribution is 0.111. The van der Waals surface area contributed by atoms with Crippen LogP contribution in [-0.2, 0) is 6.54 Å². The predicted molar refractivity (Wildman–Crippen MR) is 54.8 cm³/mol. The van der Waals surface area contributed by atoms with Gasteiger partial charge in [-0.3, -0.25) is 9.48 Å². The third-order valence-electron chi connectivity index (χ3n) is 1.85. The average molecular weight is 245 g/mol. The summed E-state index contributed by atoms with van der Waals surface area (Å²) in [6.07, 6.45) is 6.12. The Morgan fingerprint density at radius 2 is 2.38 bits per heavy atom. The number of aromatic nitrogens is 2. The molecule has 0 saturated carbocycles. The smallest absolute Gasteiger partial charge is 0.171 e. The number of aryl methyl sites for hydroxylation is 1. The van der Waals surface area contributed by atoms with Crippen molar-refractivity contribution in [3.05, 3.63) is 16.4 Å². The predicted octanol–water partition coefficient (Wildman–Crippen LogP) is 2.65. The fraction of sp³-hybridized carbons (Fsp3) is 0.556. The number of halogens is 1. The van der Waals surface area contributed by atoms with Gasteiger partial charge >= 0.3 is 0 Å². The van der Waals surface area contributed by atoms with Gasteiger partial charge in [-0.05, 0) is 22.4 Å². The molecule has 0 fully saturated rings. The molecule has 0 aliphatic rings. The Balaban J connectivity index is 2.52. The van der Waals surface area contributed by atoms with Crippen LogP contribution in [0.15, 0.2) is 10.7 Å². The van der Waals surface area contributed by atoms with Crippen LogP contribution in [0.5, 0.6) is 0 Å². The molecule has 0 unspecified atom stereocenters. The summed E-state index contributed by atoms with van der Waals surface area (Å²) in [5.74, 6) is 0. The molecule has 0 spiro atoms. The van der Waals surface area contributed by atoms with E-state index in [2.05, 4.69) is 28.0 Å². The van der Waals surface area contributed by atoms with E-state index in [4.69, 9.17) is 0 Å². The topological polar surface area (TPSA) is 34.9 Å². The Hall–Kier alpha value is -0.640. The number of hydrogen-bond donors (Lipinski definition) is 0. The van der Waals surface area contributed by atoms with Crippen molar-refractivity contribution in [2.24, 2.45) is 0 Å². The first kappa shape index (κ1) is 10.4. The van der Waals surface area contributed by atoms with Gasteiger partial charge in [0.25, 0.3) is 0 Å². The minimum absolute atomic E-state index is 0.483. The van der Waals surface area contributed by atoms with Crippen LogP contribution in [0.4, 0.5) is 0 Å². The molecule has 72 valence electrons. The van der Waals surface area contributed by atoms with Gasteiger partial charge in [-0.2, -0.15) is 5.10 Å². The Kier molecular flexibility index (Phi) is 4.15. The average Bonchev–Trinajstić information content (AvgIpc) is 2.47. The van der Waals surface area contributed by atoms with Crippen molar-refractivity contribution in [1.82, 2.24) is 9.78 Å². The summed E-state index contributed by atoms with van der Waals surface area (Å²) >= 11 is 3.27. The van der Waals surface area contributed by atoms with Crippen molar-refractivity contribution in [3.63, 3.8) is 0 Å². The summed E-state index contributed by atoms with van der Waals surface area (Å²) in [5.41, 5.74) is 0.483. The molecule has 0 bridgehead atoms. The van der Waals surface area contributed by atoms with E-state index in [1.165, 1.54) is 12.8 Å². The summed E-state index contributed by atoms with van der Waals surface area (Å²) in [4.78, 5) is 10.5. The van der Waals surface area contributed by atoms with E-state index in [1.54, 1.807) is 0 Å². The molecule has 0 atom stereocenters. The van der Waals surface area contributed by atoms with E-state index in [-0.39, 0.29) is 0 Å². The quantitative estimate of drug-likeness (QED) is 0.590. The van der Waals surface area contributed by atoms with Crippen LogP contribution in [0.25, 0.3) is 0 Å². The van der Waals surface area contributed by atoms with Crippen LogP contribution in [0.1, 0.15) is 36.7 Å². The third-order valence-corrected chi connectivity index (χ3v) is 2.46. The van der Waals surface area contributed by atoms with Gasteiger partial charge in [-0.15, -0.1) is 0 Å². The highest BCUT2D eigenvalue weighted by atomic mass is 79.9. The maximum atomic E-state index is 10.5. The molecule has 4 heteroatoms. The van der Waals surface area contributed by atoms with E-state index in [0.717, 1.165) is 23.7 Å². The minimum Gasteiger partial charge on any atom is -0.296 e. The Bertz CT molecular complexity index is 283. The molecule has 1 aromatic rings. The largest absolute Gasteiger partial charge is 0.296 e. The van der Waals surface area contributed by atoms with Gasteiger partial charge in [0, 0.05) is 12.7 Å².